The summed E-state index contributed by atoms with van der Waals surface area (Å²) in [6, 6.07) is 3.65. The Hall–Kier alpha value is -1.37. The maximum absolute atomic E-state index is 12.8. The predicted octanol–water partition coefficient (Wildman–Crippen LogP) is 2.52. The van der Waals surface area contributed by atoms with Gasteiger partial charge in [0.2, 0.25) is 11.8 Å². The zero-order chi connectivity index (χ0) is 14.4. The molecule has 19 heavy (non-hydrogen) atoms. The number of alkyl halides is 4. The monoisotopic (exact) mass is 335 g/mol. The molecule has 1 N–H and O–H groups in total. The third-order valence-electron chi connectivity index (χ3n) is 3.00. The van der Waals surface area contributed by atoms with E-state index in [1.807, 2.05) is 0 Å². The Balaban J connectivity index is 2.47. The van der Waals surface area contributed by atoms with Gasteiger partial charge in [0.05, 0.1) is 11.5 Å². The van der Waals surface area contributed by atoms with Crippen LogP contribution in [0.15, 0.2) is 18.2 Å². The summed E-state index contributed by atoms with van der Waals surface area (Å²) in [7, 11) is 0. The fraction of sp³-hybridized carbons (Fsp3) is 0.333. The zero-order valence-corrected chi connectivity index (χ0v) is 11.3. The molecule has 7 heteroatoms. The quantitative estimate of drug-likeness (QED) is 0.633. The Bertz CT molecular complexity index is 556. The minimum Gasteiger partial charge on any atom is -0.295 e. The lowest BCUT2D eigenvalue weighted by atomic mass is 9.93. The van der Waals surface area contributed by atoms with E-state index in [9.17, 15) is 22.8 Å². The number of halogens is 4. The van der Waals surface area contributed by atoms with Gasteiger partial charge in [0, 0.05) is 0 Å². The third-order valence-corrected chi connectivity index (χ3v) is 3.94. The van der Waals surface area contributed by atoms with Crippen LogP contribution in [0, 0.1) is 6.92 Å². The van der Waals surface area contributed by atoms with E-state index in [0.717, 1.165) is 6.07 Å². The van der Waals surface area contributed by atoms with Crippen molar-refractivity contribution in [3.8, 4) is 0 Å². The van der Waals surface area contributed by atoms with Gasteiger partial charge in [-0.1, -0.05) is 28.1 Å². The summed E-state index contributed by atoms with van der Waals surface area (Å²) >= 11 is 3.03. The molecule has 0 aliphatic carbocycles. The summed E-state index contributed by atoms with van der Waals surface area (Å²) in [6.07, 6.45) is -4.49. The molecule has 0 saturated carbocycles. The summed E-state index contributed by atoms with van der Waals surface area (Å²) in [5.41, 5.74) is -0.549. The highest BCUT2D eigenvalue weighted by Crippen LogP contribution is 2.36. The summed E-state index contributed by atoms with van der Waals surface area (Å²) in [5, 5.41) is 2.08. The lowest BCUT2D eigenvalue weighted by molar-refractivity contribution is -0.138. The maximum atomic E-state index is 12.8. The van der Waals surface area contributed by atoms with Crippen molar-refractivity contribution < 1.29 is 22.8 Å². The van der Waals surface area contributed by atoms with Crippen LogP contribution in [0.1, 0.15) is 22.6 Å². The Morgan fingerprint density at radius 2 is 1.84 bits per heavy atom. The number of rotatable bonds is 1. The molecular weight excluding hydrogens is 327 g/mol. The van der Waals surface area contributed by atoms with Crippen LogP contribution in [0.4, 0.5) is 13.2 Å². The second-order valence-corrected chi connectivity index (χ2v) is 5.29. The van der Waals surface area contributed by atoms with Gasteiger partial charge < -0.3 is 0 Å². The molecule has 1 heterocycles. The first-order valence-electron chi connectivity index (χ1n) is 5.38. The van der Waals surface area contributed by atoms with Gasteiger partial charge in [-0.05, 0) is 24.1 Å². The SMILES string of the molecule is Cc1ccc(C2C(=O)NC(=O)C2Br)cc1C(F)(F)F. The minimum atomic E-state index is -4.49. The molecular formula is C12H9BrF3NO2. The van der Waals surface area contributed by atoms with Gasteiger partial charge in [0.15, 0.2) is 0 Å². The molecule has 102 valence electrons. The van der Waals surface area contributed by atoms with Crippen molar-refractivity contribution in [1.82, 2.24) is 5.32 Å². The average molecular weight is 336 g/mol. The van der Waals surface area contributed by atoms with E-state index in [-0.39, 0.29) is 11.1 Å². The van der Waals surface area contributed by atoms with E-state index >= 15 is 0 Å². The van der Waals surface area contributed by atoms with Crippen molar-refractivity contribution in [1.29, 1.82) is 0 Å². The van der Waals surface area contributed by atoms with Gasteiger partial charge in [-0.3, -0.25) is 14.9 Å². The van der Waals surface area contributed by atoms with Crippen molar-refractivity contribution in [3.05, 3.63) is 34.9 Å². The van der Waals surface area contributed by atoms with E-state index in [1.54, 1.807) is 0 Å². The Morgan fingerprint density at radius 1 is 1.21 bits per heavy atom. The number of nitrogens with one attached hydrogen (secondary N) is 1. The second kappa shape index (κ2) is 4.63. The van der Waals surface area contributed by atoms with Crippen molar-refractivity contribution in [2.45, 2.75) is 23.8 Å². The highest BCUT2D eigenvalue weighted by Gasteiger charge is 2.42. The fourth-order valence-electron chi connectivity index (χ4n) is 2.01. The third kappa shape index (κ3) is 2.51. The van der Waals surface area contributed by atoms with E-state index in [2.05, 4.69) is 21.2 Å². The first-order chi connectivity index (χ1) is 8.71. The first-order valence-corrected chi connectivity index (χ1v) is 6.30. The molecule has 2 amide bonds. The number of carbonyl (C=O) groups is 2. The molecule has 1 aromatic rings. The average Bonchev–Trinajstić information content (AvgIpc) is 2.53. The van der Waals surface area contributed by atoms with E-state index < -0.39 is 34.3 Å². The number of amides is 2. The van der Waals surface area contributed by atoms with Crippen LogP contribution < -0.4 is 5.32 Å². The molecule has 1 aliphatic rings. The number of imide groups is 1. The molecule has 2 rings (SSSR count). The van der Waals surface area contributed by atoms with Crippen LogP contribution in [0.2, 0.25) is 0 Å². The molecule has 2 atom stereocenters. The van der Waals surface area contributed by atoms with Crippen LogP contribution in [0.3, 0.4) is 0 Å². The van der Waals surface area contributed by atoms with Gasteiger partial charge in [-0.15, -0.1) is 0 Å². The lowest BCUT2D eigenvalue weighted by Crippen LogP contribution is -2.22. The molecule has 0 bridgehead atoms. The molecule has 0 radical (unpaired) electrons. The number of aryl methyl sites for hydroxylation is 1. The fourth-order valence-corrected chi connectivity index (χ4v) is 2.67. The Kier molecular flexibility index (Phi) is 3.42. The molecule has 1 saturated heterocycles. The highest BCUT2D eigenvalue weighted by atomic mass is 79.9. The number of hydrogen-bond acceptors (Lipinski definition) is 2. The largest absolute Gasteiger partial charge is 0.416 e. The summed E-state index contributed by atoms with van der Waals surface area (Å²) in [5.74, 6) is -2.07. The van der Waals surface area contributed by atoms with Crippen LogP contribution in [0.5, 0.6) is 0 Å². The van der Waals surface area contributed by atoms with Gasteiger partial charge >= 0.3 is 6.18 Å². The van der Waals surface area contributed by atoms with Crippen molar-refractivity contribution in [2.24, 2.45) is 0 Å². The van der Waals surface area contributed by atoms with Crippen molar-refractivity contribution in [2.75, 3.05) is 0 Å². The standard InChI is InChI=1S/C12H9BrF3NO2/c1-5-2-3-6(4-7(5)12(14,15)16)8-9(13)11(19)17-10(8)18/h2-4,8-9H,1H3,(H,17,18,19). The zero-order valence-electron chi connectivity index (χ0n) is 9.72. The second-order valence-electron chi connectivity index (χ2n) is 4.31. The molecule has 1 fully saturated rings. The smallest absolute Gasteiger partial charge is 0.295 e. The number of hydrogen-bond donors (Lipinski definition) is 1. The van der Waals surface area contributed by atoms with Crippen molar-refractivity contribution >= 4 is 27.7 Å². The molecule has 0 aromatic heterocycles. The van der Waals surface area contributed by atoms with Gasteiger partial charge in [-0.2, -0.15) is 13.2 Å². The Labute approximate surface area is 115 Å². The predicted molar refractivity (Wildman–Crippen MR) is 64.8 cm³/mol. The van der Waals surface area contributed by atoms with E-state index in [0.29, 0.717) is 0 Å². The Morgan fingerprint density at radius 3 is 2.32 bits per heavy atom. The van der Waals surface area contributed by atoms with Gasteiger partial charge in [0.1, 0.15) is 4.83 Å². The van der Waals surface area contributed by atoms with Crippen molar-refractivity contribution in [3.63, 3.8) is 0 Å². The van der Waals surface area contributed by atoms with Crippen LogP contribution >= 0.6 is 15.9 Å². The topological polar surface area (TPSA) is 46.2 Å². The first kappa shape index (κ1) is 14.0. The van der Waals surface area contributed by atoms with Gasteiger partial charge in [-0.25, -0.2) is 0 Å². The maximum Gasteiger partial charge on any atom is 0.416 e. The van der Waals surface area contributed by atoms with E-state index in [1.165, 1.54) is 19.1 Å². The number of benzene rings is 1. The summed E-state index contributed by atoms with van der Waals surface area (Å²) < 4.78 is 38.4. The molecule has 2 unspecified atom stereocenters. The minimum absolute atomic E-state index is 0.0760. The lowest BCUT2D eigenvalue weighted by Gasteiger charge is -2.15. The van der Waals surface area contributed by atoms with Gasteiger partial charge in [0.25, 0.3) is 0 Å². The normalized spacial score (nSPS) is 23.6. The summed E-state index contributed by atoms with van der Waals surface area (Å²) in [6.45, 7) is 1.35. The number of carbonyl (C=O) groups excluding carboxylic acids is 2. The van der Waals surface area contributed by atoms with Crippen LogP contribution in [0.25, 0.3) is 0 Å². The van der Waals surface area contributed by atoms with Crippen LogP contribution in [-0.4, -0.2) is 16.6 Å². The molecule has 1 aromatic carbocycles. The highest BCUT2D eigenvalue weighted by molar-refractivity contribution is 9.10. The molecule has 3 nitrogen and oxygen atoms in total. The summed E-state index contributed by atoms with van der Waals surface area (Å²) in [4.78, 5) is 22.1. The van der Waals surface area contributed by atoms with E-state index in [4.69, 9.17) is 0 Å². The van der Waals surface area contributed by atoms with Crippen LogP contribution in [-0.2, 0) is 15.8 Å². The molecule has 0 spiro atoms. The molecule has 1 aliphatic heterocycles.